The number of nitrogens with one attached hydrogen (secondary N) is 1. The largest absolute Gasteiger partial charge is 0.497 e. The van der Waals surface area contributed by atoms with Crippen LogP contribution >= 0.6 is 11.3 Å². The molecule has 8 nitrogen and oxygen atoms in total. The van der Waals surface area contributed by atoms with Crippen LogP contribution in [0.25, 0.3) is 15.3 Å². The Morgan fingerprint density at radius 2 is 1.94 bits per heavy atom. The molecule has 1 aliphatic heterocycles. The number of ether oxygens (including phenoxy) is 3. The number of thiazole rings is 1. The molecule has 0 saturated carbocycles. The van der Waals surface area contributed by atoms with Crippen LogP contribution in [0.5, 0.6) is 17.2 Å². The van der Waals surface area contributed by atoms with Crippen molar-refractivity contribution >= 4 is 33.3 Å². The molecule has 2 aromatic heterocycles. The fourth-order valence-corrected chi connectivity index (χ4v) is 5.02. The molecule has 1 N–H and O–H groups in total. The van der Waals surface area contributed by atoms with Crippen LogP contribution in [0.1, 0.15) is 37.3 Å². The summed E-state index contributed by atoms with van der Waals surface area (Å²) in [5.41, 5.74) is 2.77. The molecular formula is C24H24N4O4S. The third kappa shape index (κ3) is 3.89. The lowest BCUT2D eigenvalue weighted by Crippen LogP contribution is -2.24. The summed E-state index contributed by atoms with van der Waals surface area (Å²) in [7, 11) is 1.64. The van der Waals surface area contributed by atoms with E-state index in [0.717, 1.165) is 27.1 Å². The van der Waals surface area contributed by atoms with Gasteiger partial charge < -0.3 is 19.5 Å². The minimum absolute atomic E-state index is 0.0659. The molecule has 0 spiro atoms. The van der Waals surface area contributed by atoms with Crippen molar-refractivity contribution in [2.45, 2.75) is 26.2 Å². The molecule has 1 aliphatic rings. The number of methoxy groups -OCH3 is 1. The molecule has 4 aromatic rings. The Bertz CT molecular complexity index is 1330. The second kappa shape index (κ2) is 8.74. The number of rotatable bonds is 7. The van der Waals surface area contributed by atoms with Crippen LogP contribution in [0, 0.1) is 0 Å². The number of anilines is 1. The van der Waals surface area contributed by atoms with Gasteiger partial charge in [-0.2, -0.15) is 9.78 Å². The minimum atomic E-state index is -0.146. The highest BCUT2D eigenvalue weighted by Crippen LogP contribution is 2.41. The molecule has 3 heterocycles. The van der Waals surface area contributed by atoms with Crippen LogP contribution in [0.3, 0.4) is 0 Å². The molecule has 33 heavy (non-hydrogen) atoms. The average Bonchev–Trinajstić information content (AvgIpc) is 3.43. The first-order chi connectivity index (χ1) is 16.1. The Labute approximate surface area is 195 Å². The van der Waals surface area contributed by atoms with E-state index in [0.29, 0.717) is 42.1 Å². The predicted octanol–water partition coefficient (Wildman–Crippen LogP) is 4.76. The smallest absolute Gasteiger partial charge is 0.226 e. The summed E-state index contributed by atoms with van der Waals surface area (Å²) in [5, 5.41) is 8.26. The van der Waals surface area contributed by atoms with Crippen LogP contribution in [0.15, 0.2) is 42.6 Å². The average molecular weight is 465 g/mol. The predicted molar refractivity (Wildman–Crippen MR) is 127 cm³/mol. The SMILES string of the molecule is CCOc1ccc([C@H]2CC(=O)Nc3c2cnn3-c2nc3ccc(OC)cc3s2)cc1OCC. The number of carbonyl (C=O) groups excluding carboxylic acids is 1. The highest BCUT2D eigenvalue weighted by Gasteiger charge is 2.31. The van der Waals surface area contributed by atoms with Gasteiger partial charge in [0.25, 0.3) is 0 Å². The van der Waals surface area contributed by atoms with E-state index in [-0.39, 0.29) is 11.8 Å². The summed E-state index contributed by atoms with van der Waals surface area (Å²) in [6.07, 6.45) is 2.14. The van der Waals surface area contributed by atoms with Crippen molar-refractivity contribution in [3.63, 3.8) is 0 Å². The lowest BCUT2D eigenvalue weighted by molar-refractivity contribution is -0.116. The second-order valence-corrected chi connectivity index (χ2v) is 8.58. The molecule has 0 fully saturated rings. The van der Waals surface area contributed by atoms with Gasteiger partial charge in [-0.15, -0.1) is 0 Å². The minimum Gasteiger partial charge on any atom is -0.497 e. The van der Waals surface area contributed by atoms with Crippen LogP contribution < -0.4 is 19.5 Å². The van der Waals surface area contributed by atoms with Gasteiger partial charge in [0.05, 0.1) is 36.7 Å². The van der Waals surface area contributed by atoms with Gasteiger partial charge in [-0.3, -0.25) is 4.79 Å². The first-order valence-electron chi connectivity index (χ1n) is 10.8. The molecule has 0 unspecified atom stereocenters. The number of amides is 1. The van der Waals surface area contributed by atoms with Crippen molar-refractivity contribution in [2.24, 2.45) is 0 Å². The number of carbonyl (C=O) groups is 1. The van der Waals surface area contributed by atoms with Gasteiger partial charge in [0.1, 0.15) is 11.6 Å². The van der Waals surface area contributed by atoms with Crippen molar-refractivity contribution < 1.29 is 19.0 Å². The summed E-state index contributed by atoms with van der Waals surface area (Å²) in [5.74, 6) is 2.58. The van der Waals surface area contributed by atoms with Gasteiger partial charge in [-0.1, -0.05) is 17.4 Å². The summed E-state index contributed by atoms with van der Waals surface area (Å²) < 4.78 is 19.5. The Morgan fingerprint density at radius 1 is 1.12 bits per heavy atom. The summed E-state index contributed by atoms with van der Waals surface area (Å²) in [4.78, 5) is 17.4. The van der Waals surface area contributed by atoms with E-state index in [1.54, 1.807) is 11.8 Å². The Kier molecular flexibility index (Phi) is 5.63. The monoisotopic (exact) mass is 464 g/mol. The maximum absolute atomic E-state index is 12.7. The lowest BCUT2D eigenvalue weighted by Gasteiger charge is -2.24. The number of hydrogen-bond acceptors (Lipinski definition) is 7. The van der Waals surface area contributed by atoms with Gasteiger partial charge >= 0.3 is 0 Å². The zero-order valence-electron chi connectivity index (χ0n) is 18.6. The zero-order chi connectivity index (χ0) is 22.9. The molecule has 0 bridgehead atoms. The first-order valence-corrected chi connectivity index (χ1v) is 11.6. The van der Waals surface area contributed by atoms with Crippen molar-refractivity contribution in [2.75, 3.05) is 25.6 Å². The van der Waals surface area contributed by atoms with Crippen molar-refractivity contribution in [1.82, 2.24) is 14.8 Å². The van der Waals surface area contributed by atoms with Crippen LogP contribution in [-0.4, -0.2) is 41.0 Å². The number of hydrogen-bond donors (Lipinski definition) is 1. The molecule has 1 amide bonds. The van der Waals surface area contributed by atoms with E-state index in [1.165, 1.54) is 11.3 Å². The van der Waals surface area contributed by atoms with E-state index in [2.05, 4.69) is 10.4 Å². The summed E-state index contributed by atoms with van der Waals surface area (Å²) in [6.45, 7) is 4.95. The maximum Gasteiger partial charge on any atom is 0.226 e. The molecule has 0 radical (unpaired) electrons. The highest BCUT2D eigenvalue weighted by atomic mass is 32.1. The van der Waals surface area contributed by atoms with E-state index < -0.39 is 0 Å². The molecule has 0 saturated heterocycles. The van der Waals surface area contributed by atoms with Gasteiger partial charge in [0.15, 0.2) is 11.5 Å². The number of benzene rings is 2. The quantitative estimate of drug-likeness (QED) is 0.424. The maximum atomic E-state index is 12.7. The lowest BCUT2D eigenvalue weighted by atomic mass is 9.87. The van der Waals surface area contributed by atoms with Crippen LogP contribution in [0.2, 0.25) is 0 Å². The molecule has 5 rings (SSSR count). The van der Waals surface area contributed by atoms with Gasteiger partial charge in [0, 0.05) is 17.9 Å². The Morgan fingerprint density at radius 3 is 2.73 bits per heavy atom. The van der Waals surface area contributed by atoms with Crippen LogP contribution in [-0.2, 0) is 4.79 Å². The van der Waals surface area contributed by atoms with Crippen molar-refractivity contribution in [1.29, 1.82) is 0 Å². The summed E-state index contributed by atoms with van der Waals surface area (Å²) >= 11 is 1.49. The Balaban J connectivity index is 1.55. The normalized spacial score (nSPS) is 15.2. The zero-order valence-corrected chi connectivity index (χ0v) is 19.4. The first kappa shape index (κ1) is 21.3. The van der Waals surface area contributed by atoms with Gasteiger partial charge in [-0.25, -0.2) is 4.98 Å². The van der Waals surface area contributed by atoms with E-state index in [1.807, 2.05) is 56.4 Å². The molecule has 1 atom stereocenters. The summed E-state index contributed by atoms with van der Waals surface area (Å²) in [6, 6.07) is 11.6. The van der Waals surface area contributed by atoms with Crippen molar-refractivity contribution in [3.05, 3.63) is 53.7 Å². The van der Waals surface area contributed by atoms with Crippen LogP contribution in [0.4, 0.5) is 5.82 Å². The third-order valence-corrected chi connectivity index (χ3v) is 6.55. The van der Waals surface area contributed by atoms with Gasteiger partial charge in [0.2, 0.25) is 11.0 Å². The molecule has 170 valence electrons. The second-order valence-electron chi connectivity index (χ2n) is 7.57. The highest BCUT2D eigenvalue weighted by molar-refractivity contribution is 7.20. The number of fused-ring (bicyclic) bond motifs is 2. The van der Waals surface area contributed by atoms with E-state index in [4.69, 9.17) is 19.2 Å². The topological polar surface area (TPSA) is 87.5 Å². The fourth-order valence-electron chi connectivity index (χ4n) is 4.06. The number of aromatic nitrogens is 3. The van der Waals surface area contributed by atoms with E-state index >= 15 is 0 Å². The molecule has 2 aromatic carbocycles. The Hall–Kier alpha value is -3.59. The molecular weight excluding hydrogens is 440 g/mol. The number of nitrogens with zero attached hydrogens (tertiary/aromatic N) is 3. The van der Waals surface area contributed by atoms with Crippen molar-refractivity contribution in [3.8, 4) is 22.4 Å². The molecule has 9 heteroatoms. The standard InChI is InChI=1S/C24H24N4O4S/c1-4-31-19-9-6-14(10-20(19)32-5-2)16-12-22(29)27-23-17(16)13-25-28(23)24-26-18-8-7-15(30-3)11-21(18)33-24/h6-11,13,16H,4-5,12H2,1-3H3,(H,27,29)/t16-/m1/s1. The van der Waals surface area contributed by atoms with Gasteiger partial charge in [-0.05, 0) is 49.7 Å². The molecule has 0 aliphatic carbocycles. The van der Waals surface area contributed by atoms with E-state index in [9.17, 15) is 4.79 Å². The fraction of sp³-hybridized carbons (Fsp3) is 0.292. The third-order valence-electron chi connectivity index (χ3n) is 5.56.